The van der Waals surface area contributed by atoms with Gasteiger partial charge in [-0.25, -0.2) is 9.79 Å². The lowest BCUT2D eigenvalue weighted by molar-refractivity contribution is -0.189. The number of nitrogens with one attached hydrogen (secondary N) is 1. The first-order valence-electron chi connectivity index (χ1n) is 10.8. The van der Waals surface area contributed by atoms with Crippen molar-refractivity contribution in [2.75, 3.05) is 7.05 Å². The van der Waals surface area contributed by atoms with E-state index in [1.54, 1.807) is 18.2 Å². The summed E-state index contributed by atoms with van der Waals surface area (Å²) in [6.07, 6.45) is -3.40. The zero-order valence-electron chi connectivity index (χ0n) is 18.8. The third-order valence-corrected chi connectivity index (χ3v) is 6.12. The van der Waals surface area contributed by atoms with E-state index in [9.17, 15) is 22.8 Å². The predicted octanol–water partition coefficient (Wildman–Crippen LogP) is 4.33. The first-order chi connectivity index (χ1) is 17.1. The number of para-hydroxylation sites is 1. The van der Waals surface area contributed by atoms with E-state index in [1.165, 1.54) is 31.3 Å². The van der Waals surface area contributed by atoms with Crippen LogP contribution in [0, 0.1) is 0 Å². The quantitative estimate of drug-likeness (QED) is 0.327. The van der Waals surface area contributed by atoms with Crippen LogP contribution in [0.4, 0.5) is 13.2 Å². The summed E-state index contributed by atoms with van der Waals surface area (Å²) in [5, 5.41) is 0.982. The molecule has 1 amide bonds. The van der Waals surface area contributed by atoms with Crippen molar-refractivity contribution in [2.45, 2.75) is 11.7 Å². The molecule has 5 rings (SSSR count). The average Bonchev–Trinajstić information content (AvgIpc) is 3.42. The van der Waals surface area contributed by atoms with Gasteiger partial charge in [-0.3, -0.25) is 9.69 Å². The molecule has 0 aliphatic carbocycles. The Morgan fingerprint density at radius 1 is 1.03 bits per heavy atom. The molecule has 182 valence electrons. The summed E-state index contributed by atoms with van der Waals surface area (Å²) < 4.78 is 43.7. The van der Waals surface area contributed by atoms with Gasteiger partial charge in [-0.15, -0.1) is 0 Å². The van der Waals surface area contributed by atoms with Gasteiger partial charge in [0, 0.05) is 24.3 Å². The number of rotatable bonds is 4. The predicted molar refractivity (Wildman–Crippen MR) is 127 cm³/mol. The number of alkyl halides is 3. The first-order valence-corrected chi connectivity index (χ1v) is 10.8. The number of halogens is 3. The molecule has 2 heterocycles. The van der Waals surface area contributed by atoms with Crippen LogP contribution in [0.25, 0.3) is 22.0 Å². The Kier molecular flexibility index (Phi) is 5.31. The number of nitrogens with two attached hydrogens (primary N) is 1. The van der Waals surface area contributed by atoms with Crippen LogP contribution in [0.5, 0.6) is 5.75 Å². The van der Waals surface area contributed by atoms with Crippen LogP contribution in [-0.2, 0) is 15.1 Å². The molecule has 1 atom stereocenters. The second-order valence-electron chi connectivity index (χ2n) is 8.29. The van der Waals surface area contributed by atoms with E-state index < -0.39 is 29.3 Å². The van der Waals surface area contributed by atoms with Crippen LogP contribution in [0.3, 0.4) is 0 Å². The highest BCUT2D eigenvalue weighted by Crippen LogP contribution is 2.44. The van der Waals surface area contributed by atoms with E-state index in [-0.39, 0.29) is 11.5 Å². The summed E-state index contributed by atoms with van der Waals surface area (Å²) in [4.78, 5) is 34.0. The van der Waals surface area contributed by atoms with Crippen LogP contribution < -0.4 is 10.5 Å². The van der Waals surface area contributed by atoms with Gasteiger partial charge in [-0.1, -0.05) is 42.5 Å². The smallest absolute Gasteiger partial charge is 0.419 e. The molecule has 1 unspecified atom stereocenters. The van der Waals surface area contributed by atoms with Crippen molar-refractivity contribution in [3.05, 3.63) is 90.1 Å². The number of fused-ring (bicyclic) bond motifs is 1. The number of H-pyrrole nitrogens is 1. The van der Waals surface area contributed by atoms with E-state index in [0.717, 1.165) is 26.9 Å². The Bertz CT molecular complexity index is 1540. The molecule has 3 aromatic carbocycles. The topological polar surface area (TPSA) is 101 Å². The van der Waals surface area contributed by atoms with Gasteiger partial charge in [0.1, 0.15) is 5.75 Å². The van der Waals surface area contributed by atoms with Crippen LogP contribution in [0.1, 0.15) is 11.1 Å². The molecule has 36 heavy (non-hydrogen) atoms. The van der Waals surface area contributed by atoms with Gasteiger partial charge in [0.25, 0.3) is 5.91 Å². The van der Waals surface area contributed by atoms with Gasteiger partial charge in [-0.05, 0) is 52.4 Å². The Morgan fingerprint density at radius 3 is 2.50 bits per heavy atom. The molecule has 0 radical (unpaired) electrons. The summed E-state index contributed by atoms with van der Waals surface area (Å²) in [7, 11) is 1.41. The Labute approximate surface area is 203 Å². The fourth-order valence-electron chi connectivity index (χ4n) is 4.33. The number of hydrogen-bond donors (Lipinski definition) is 2. The lowest BCUT2D eigenvalue weighted by atomic mass is 9.81. The van der Waals surface area contributed by atoms with Crippen molar-refractivity contribution in [1.82, 2.24) is 9.88 Å². The molecule has 10 heteroatoms. The van der Waals surface area contributed by atoms with E-state index in [2.05, 4.69) is 9.98 Å². The number of carbonyl (C=O) groups excluding carboxylic acids is 2. The summed E-state index contributed by atoms with van der Waals surface area (Å²) in [5.74, 6) is -3.58. The van der Waals surface area contributed by atoms with Crippen molar-refractivity contribution >= 4 is 28.7 Å². The Morgan fingerprint density at radius 2 is 1.78 bits per heavy atom. The zero-order valence-corrected chi connectivity index (χ0v) is 18.8. The maximum atomic E-state index is 13.6. The van der Waals surface area contributed by atoms with Gasteiger partial charge in [0.15, 0.2) is 11.5 Å². The van der Waals surface area contributed by atoms with Crippen LogP contribution >= 0.6 is 0 Å². The number of benzene rings is 3. The number of aromatic nitrogens is 1. The highest BCUT2D eigenvalue weighted by Gasteiger charge is 2.52. The summed E-state index contributed by atoms with van der Waals surface area (Å²) >= 11 is 0. The SMILES string of the molecule is CN1C(=O)C(c2cccc(-c3ccc4[nH]ccc4c3)c2)(c2ccccc2OC(=O)C(F)(F)F)N=C1N. The molecule has 0 bridgehead atoms. The number of likely N-dealkylation sites (N-methyl/N-ethyl adjacent to an activating group) is 1. The molecule has 0 spiro atoms. The Balaban J connectivity index is 1.69. The highest BCUT2D eigenvalue weighted by atomic mass is 19.4. The number of aromatic amines is 1. The van der Waals surface area contributed by atoms with Crippen molar-refractivity contribution in [3.8, 4) is 16.9 Å². The number of ether oxygens (including phenoxy) is 1. The normalized spacial score (nSPS) is 17.9. The van der Waals surface area contributed by atoms with E-state index in [4.69, 9.17) is 10.5 Å². The second-order valence-corrected chi connectivity index (χ2v) is 8.29. The maximum Gasteiger partial charge on any atom is 0.491 e. The molecular weight excluding hydrogens is 473 g/mol. The minimum Gasteiger partial charge on any atom is -0.419 e. The number of guanidine groups is 1. The summed E-state index contributed by atoms with van der Waals surface area (Å²) in [6, 6.07) is 20.1. The van der Waals surface area contributed by atoms with E-state index in [0.29, 0.717) is 5.56 Å². The van der Waals surface area contributed by atoms with Gasteiger partial charge in [0.2, 0.25) is 0 Å². The monoisotopic (exact) mass is 492 g/mol. The molecular formula is C26H19F3N4O3. The summed E-state index contributed by atoms with van der Waals surface area (Å²) in [6.45, 7) is 0. The maximum absolute atomic E-state index is 13.6. The molecule has 1 aliphatic rings. The van der Waals surface area contributed by atoms with Gasteiger partial charge in [0.05, 0.1) is 0 Å². The number of nitrogens with zero attached hydrogens (tertiary/aromatic N) is 2. The average molecular weight is 492 g/mol. The van der Waals surface area contributed by atoms with Gasteiger partial charge >= 0.3 is 12.1 Å². The molecule has 7 nitrogen and oxygen atoms in total. The fraction of sp³-hybridized carbons (Fsp3) is 0.115. The van der Waals surface area contributed by atoms with Crippen LogP contribution in [0.15, 0.2) is 84.0 Å². The fourth-order valence-corrected chi connectivity index (χ4v) is 4.33. The minimum absolute atomic E-state index is 0.0434. The van der Waals surface area contributed by atoms with Crippen molar-refractivity contribution < 1.29 is 27.5 Å². The molecule has 0 saturated heterocycles. The lowest BCUT2D eigenvalue weighted by Crippen LogP contribution is -2.41. The number of carbonyl (C=O) groups is 2. The Hall–Kier alpha value is -4.60. The van der Waals surface area contributed by atoms with Crippen molar-refractivity contribution in [2.24, 2.45) is 10.7 Å². The van der Waals surface area contributed by atoms with Crippen LogP contribution in [-0.4, -0.2) is 40.9 Å². The third kappa shape index (κ3) is 3.67. The van der Waals surface area contributed by atoms with Gasteiger partial charge < -0.3 is 15.5 Å². The standard InChI is InChI=1S/C26H19F3N4O3/c1-33-22(34)25(32-24(33)30,19-7-2-3-8-21(19)36-23(35)26(27,28)29)18-6-4-5-15(14-18)16-9-10-20-17(13-16)11-12-31-20/h2-14,31H,1H3,(H2,30,32). The molecule has 3 N–H and O–H groups in total. The first kappa shape index (κ1) is 23.2. The molecule has 0 fully saturated rings. The molecule has 1 aliphatic heterocycles. The van der Waals surface area contributed by atoms with E-state index in [1.807, 2.05) is 36.5 Å². The number of amides is 1. The zero-order chi connectivity index (χ0) is 25.7. The third-order valence-electron chi connectivity index (χ3n) is 6.12. The summed E-state index contributed by atoms with van der Waals surface area (Å²) in [5.41, 5.74) is 7.00. The molecule has 4 aromatic rings. The van der Waals surface area contributed by atoms with Crippen molar-refractivity contribution in [3.63, 3.8) is 0 Å². The lowest BCUT2D eigenvalue weighted by Gasteiger charge is -2.28. The van der Waals surface area contributed by atoms with Crippen molar-refractivity contribution in [1.29, 1.82) is 0 Å². The minimum atomic E-state index is -5.23. The molecule has 0 saturated carbocycles. The number of hydrogen-bond acceptors (Lipinski definition) is 5. The molecule has 1 aromatic heterocycles. The second kappa shape index (κ2) is 8.26. The number of esters is 1. The number of aliphatic imine (C=N–C) groups is 1. The highest BCUT2D eigenvalue weighted by molar-refractivity contribution is 6.09. The van der Waals surface area contributed by atoms with E-state index >= 15 is 0 Å². The van der Waals surface area contributed by atoms with Gasteiger partial charge in [-0.2, -0.15) is 13.2 Å². The van der Waals surface area contributed by atoms with Crippen LogP contribution in [0.2, 0.25) is 0 Å². The largest absolute Gasteiger partial charge is 0.491 e.